The van der Waals surface area contributed by atoms with Gasteiger partial charge in [0.25, 0.3) is 0 Å². The van der Waals surface area contributed by atoms with E-state index in [0.29, 0.717) is 5.56 Å². The summed E-state index contributed by atoms with van der Waals surface area (Å²) in [5.74, 6) is 0. The lowest BCUT2D eigenvalue weighted by molar-refractivity contribution is 1.01. The molecule has 0 aliphatic heterocycles. The number of hydrogen-bond acceptors (Lipinski definition) is 1. The van der Waals surface area contributed by atoms with Gasteiger partial charge in [-0.1, -0.05) is 17.7 Å². The number of nitrogens with zero attached hydrogens (tertiary/aromatic N) is 2. The summed E-state index contributed by atoms with van der Waals surface area (Å²) in [5, 5.41) is 11.4. The Kier molecular flexibility index (Phi) is 1.96. The number of aryl methyl sites for hydroxylation is 2. The molecule has 0 spiro atoms. The van der Waals surface area contributed by atoms with Gasteiger partial charge in [0.2, 0.25) is 0 Å². The van der Waals surface area contributed by atoms with Crippen molar-refractivity contribution in [2.45, 2.75) is 6.92 Å². The van der Waals surface area contributed by atoms with Crippen LogP contribution in [-0.4, -0.2) is 4.57 Å². The van der Waals surface area contributed by atoms with Crippen molar-refractivity contribution >= 4 is 21.8 Å². The van der Waals surface area contributed by atoms with Crippen LogP contribution in [0.15, 0.2) is 36.4 Å². The van der Waals surface area contributed by atoms with Crippen LogP contribution in [-0.2, 0) is 7.05 Å². The maximum atomic E-state index is 8.95. The highest BCUT2D eigenvalue weighted by atomic mass is 14.9. The monoisotopic (exact) mass is 220 g/mol. The molecule has 0 amide bonds. The van der Waals surface area contributed by atoms with Crippen molar-refractivity contribution in [2.24, 2.45) is 7.05 Å². The Morgan fingerprint density at radius 3 is 2.59 bits per heavy atom. The van der Waals surface area contributed by atoms with Crippen LogP contribution in [0.4, 0.5) is 0 Å². The molecule has 0 unspecified atom stereocenters. The average Bonchev–Trinajstić information content (AvgIpc) is 2.62. The average molecular weight is 220 g/mol. The molecule has 2 nitrogen and oxygen atoms in total. The third kappa shape index (κ3) is 1.33. The second-order valence-electron chi connectivity index (χ2n) is 4.42. The molecule has 3 rings (SSSR count). The number of rotatable bonds is 0. The quantitative estimate of drug-likeness (QED) is 0.570. The van der Waals surface area contributed by atoms with E-state index in [4.69, 9.17) is 5.26 Å². The molecule has 0 aliphatic rings. The van der Waals surface area contributed by atoms with Crippen LogP contribution in [0.5, 0.6) is 0 Å². The molecular weight excluding hydrogens is 208 g/mol. The van der Waals surface area contributed by atoms with Crippen molar-refractivity contribution in [1.82, 2.24) is 4.57 Å². The normalized spacial score (nSPS) is 10.9. The number of fused-ring (bicyclic) bond motifs is 3. The second kappa shape index (κ2) is 3.36. The molecule has 0 fully saturated rings. The highest BCUT2D eigenvalue weighted by Crippen LogP contribution is 2.29. The minimum atomic E-state index is 0.708. The van der Waals surface area contributed by atoms with Crippen LogP contribution < -0.4 is 0 Å². The fraction of sp³-hybridized carbons (Fsp3) is 0.133. The van der Waals surface area contributed by atoms with Gasteiger partial charge < -0.3 is 4.57 Å². The van der Waals surface area contributed by atoms with Gasteiger partial charge in [-0.25, -0.2) is 0 Å². The second-order valence-corrected chi connectivity index (χ2v) is 4.42. The van der Waals surface area contributed by atoms with E-state index in [0.717, 1.165) is 5.52 Å². The van der Waals surface area contributed by atoms with E-state index >= 15 is 0 Å². The topological polar surface area (TPSA) is 28.7 Å². The van der Waals surface area contributed by atoms with Gasteiger partial charge in [0.05, 0.1) is 17.1 Å². The summed E-state index contributed by atoms with van der Waals surface area (Å²) in [5.41, 5.74) is 4.29. The molecule has 0 N–H and O–H groups in total. The van der Waals surface area contributed by atoms with Crippen molar-refractivity contribution < 1.29 is 0 Å². The van der Waals surface area contributed by atoms with E-state index in [1.807, 2.05) is 25.2 Å². The Bertz CT molecular complexity index is 773. The molecular formula is C15H12N2. The Morgan fingerprint density at radius 2 is 1.82 bits per heavy atom. The highest BCUT2D eigenvalue weighted by molar-refractivity contribution is 6.08. The van der Waals surface area contributed by atoms with E-state index in [1.165, 1.54) is 21.9 Å². The Labute approximate surface area is 99.7 Å². The molecule has 0 atom stereocenters. The largest absolute Gasteiger partial charge is 0.344 e. The van der Waals surface area contributed by atoms with Gasteiger partial charge in [-0.2, -0.15) is 5.26 Å². The van der Waals surface area contributed by atoms with Gasteiger partial charge in [0.1, 0.15) is 0 Å². The zero-order chi connectivity index (χ0) is 12.0. The van der Waals surface area contributed by atoms with Gasteiger partial charge in [0, 0.05) is 23.3 Å². The zero-order valence-corrected chi connectivity index (χ0v) is 9.86. The van der Waals surface area contributed by atoms with Gasteiger partial charge >= 0.3 is 0 Å². The summed E-state index contributed by atoms with van der Waals surface area (Å²) < 4.78 is 2.14. The Morgan fingerprint density at radius 1 is 1.00 bits per heavy atom. The van der Waals surface area contributed by atoms with Crippen LogP contribution >= 0.6 is 0 Å². The van der Waals surface area contributed by atoms with Crippen molar-refractivity contribution in [2.75, 3.05) is 0 Å². The molecule has 2 heteroatoms. The van der Waals surface area contributed by atoms with Gasteiger partial charge in [-0.3, -0.25) is 0 Å². The summed E-state index contributed by atoms with van der Waals surface area (Å²) in [6.07, 6.45) is 0. The van der Waals surface area contributed by atoms with Gasteiger partial charge in [0.15, 0.2) is 0 Å². The van der Waals surface area contributed by atoms with Crippen molar-refractivity contribution in [1.29, 1.82) is 5.26 Å². The number of nitriles is 1. The maximum absolute atomic E-state index is 8.95. The van der Waals surface area contributed by atoms with Crippen LogP contribution in [0, 0.1) is 18.3 Å². The van der Waals surface area contributed by atoms with Crippen molar-refractivity contribution in [3.05, 3.63) is 47.5 Å². The van der Waals surface area contributed by atoms with Crippen molar-refractivity contribution in [3.8, 4) is 6.07 Å². The SMILES string of the molecule is Cc1ccc2c(c1)c1ccc(C#N)cc1n2C. The minimum absolute atomic E-state index is 0.708. The third-order valence-corrected chi connectivity index (χ3v) is 3.29. The van der Waals surface area contributed by atoms with E-state index in [1.54, 1.807) is 0 Å². The van der Waals surface area contributed by atoms with Crippen LogP contribution in [0.25, 0.3) is 21.8 Å². The number of aromatic nitrogens is 1. The molecule has 82 valence electrons. The first-order valence-electron chi connectivity index (χ1n) is 5.59. The highest BCUT2D eigenvalue weighted by Gasteiger charge is 2.08. The first-order chi connectivity index (χ1) is 8.20. The zero-order valence-electron chi connectivity index (χ0n) is 9.86. The summed E-state index contributed by atoms with van der Waals surface area (Å²) >= 11 is 0. The molecule has 0 bridgehead atoms. The smallest absolute Gasteiger partial charge is 0.0992 e. The first kappa shape index (κ1) is 9.92. The van der Waals surface area contributed by atoms with E-state index in [2.05, 4.69) is 35.8 Å². The lowest BCUT2D eigenvalue weighted by atomic mass is 10.1. The summed E-state index contributed by atoms with van der Waals surface area (Å²) in [4.78, 5) is 0. The van der Waals surface area contributed by atoms with Crippen LogP contribution in [0.2, 0.25) is 0 Å². The fourth-order valence-corrected chi connectivity index (χ4v) is 2.39. The van der Waals surface area contributed by atoms with Gasteiger partial charge in [-0.05, 0) is 31.2 Å². The van der Waals surface area contributed by atoms with E-state index in [9.17, 15) is 0 Å². The molecule has 2 aromatic carbocycles. The molecule has 0 saturated carbocycles. The third-order valence-electron chi connectivity index (χ3n) is 3.29. The minimum Gasteiger partial charge on any atom is -0.344 e. The summed E-state index contributed by atoms with van der Waals surface area (Å²) in [6.45, 7) is 2.10. The first-order valence-corrected chi connectivity index (χ1v) is 5.59. The summed E-state index contributed by atoms with van der Waals surface area (Å²) in [7, 11) is 2.04. The summed E-state index contributed by atoms with van der Waals surface area (Å²) in [6, 6.07) is 14.5. The van der Waals surface area contributed by atoms with Crippen LogP contribution in [0.3, 0.4) is 0 Å². The number of benzene rings is 2. The molecule has 1 heterocycles. The van der Waals surface area contributed by atoms with Gasteiger partial charge in [-0.15, -0.1) is 0 Å². The predicted octanol–water partition coefficient (Wildman–Crippen LogP) is 3.51. The standard InChI is InChI=1S/C15H12N2/c1-10-3-6-14-13(7-10)12-5-4-11(9-16)8-15(12)17(14)2/h3-8H,1-2H3. The Hall–Kier alpha value is -2.27. The van der Waals surface area contributed by atoms with Crippen molar-refractivity contribution in [3.63, 3.8) is 0 Å². The lowest BCUT2D eigenvalue weighted by Crippen LogP contribution is -1.86. The molecule has 17 heavy (non-hydrogen) atoms. The van der Waals surface area contributed by atoms with Crippen LogP contribution in [0.1, 0.15) is 11.1 Å². The maximum Gasteiger partial charge on any atom is 0.0992 e. The van der Waals surface area contributed by atoms with E-state index in [-0.39, 0.29) is 0 Å². The van der Waals surface area contributed by atoms with E-state index < -0.39 is 0 Å². The molecule has 0 saturated heterocycles. The lowest BCUT2D eigenvalue weighted by Gasteiger charge is -1.97. The molecule has 3 aromatic rings. The molecule has 1 aromatic heterocycles. The fourth-order valence-electron chi connectivity index (χ4n) is 2.39. The Balaban J connectivity index is 2.55. The molecule has 0 radical (unpaired) electrons. The molecule has 0 aliphatic carbocycles. The predicted molar refractivity (Wildman–Crippen MR) is 69.9 cm³/mol. The number of hydrogen-bond donors (Lipinski definition) is 0.